The van der Waals surface area contributed by atoms with Gasteiger partial charge in [0.25, 0.3) is 30.4 Å². The van der Waals surface area contributed by atoms with Crippen LogP contribution in [0, 0.1) is 0 Å². The highest BCUT2D eigenvalue weighted by Gasteiger charge is 2.24. The first-order chi connectivity index (χ1) is 14.6. The lowest BCUT2D eigenvalue weighted by Crippen LogP contribution is -2.03. The van der Waals surface area contributed by atoms with Gasteiger partial charge in [0.05, 0.1) is 4.90 Å². The second kappa shape index (κ2) is 7.76. The predicted octanol–water partition coefficient (Wildman–Crippen LogP) is 2.28. The Kier molecular flexibility index (Phi) is 5.71. The van der Waals surface area contributed by atoms with E-state index in [-0.39, 0.29) is 16.5 Å². The standard InChI is InChI=1S/C16H13N3O10S3/c17-9-1-3-11-8(5-9)6-14(32(27,28)29)15(16(11)20)19-18-12-4-2-10(30(21,22)23)7-13(12)31(24,25)26/h1-7,20H,17H2,(H,21,22,23)(H,24,25,26)(H,27,28,29). The zero-order valence-corrected chi connectivity index (χ0v) is 17.9. The van der Waals surface area contributed by atoms with E-state index < -0.39 is 62.2 Å². The van der Waals surface area contributed by atoms with Crippen LogP contribution in [0.1, 0.15) is 0 Å². The second-order valence-electron chi connectivity index (χ2n) is 6.31. The Morgan fingerprint density at radius 2 is 1.34 bits per heavy atom. The van der Waals surface area contributed by atoms with Crippen LogP contribution >= 0.6 is 0 Å². The molecule has 16 heteroatoms. The zero-order valence-electron chi connectivity index (χ0n) is 15.5. The summed E-state index contributed by atoms with van der Waals surface area (Å²) in [4.78, 5) is -2.86. The van der Waals surface area contributed by atoms with Gasteiger partial charge in [0.15, 0.2) is 5.75 Å². The van der Waals surface area contributed by atoms with Crippen molar-refractivity contribution in [2.75, 3.05) is 5.73 Å². The van der Waals surface area contributed by atoms with Crippen LogP contribution in [0.3, 0.4) is 0 Å². The molecule has 0 aromatic heterocycles. The number of nitrogens with two attached hydrogens (primary N) is 1. The van der Waals surface area contributed by atoms with Gasteiger partial charge in [0, 0.05) is 11.1 Å². The average molecular weight is 503 g/mol. The Morgan fingerprint density at radius 1 is 0.719 bits per heavy atom. The van der Waals surface area contributed by atoms with Gasteiger partial charge in [-0.05, 0) is 47.9 Å². The summed E-state index contributed by atoms with van der Waals surface area (Å²) in [6.07, 6.45) is 0. The number of nitrogen functional groups attached to an aromatic ring is 1. The van der Waals surface area contributed by atoms with Crippen molar-refractivity contribution in [2.24, 2.45) is 10.2 Å². The molecule has 0 unspecified atom stereocenters. The van der Waals surface area contributed by atoms with Gasteiger partial charge in [-0.1, -0.05) is 0 Å². The Balaban J connectivity index is 2.30. The van der Waals surface area contributed by atoms with Crippen LogP contribution in [0.2, 0.25) is 0 Å². The summed E-state index contributed by atoms with van der Waals surface area (Å²) in [5.74, 6) is -0.748. The number of hydrogen-bond acceptors (Lipinski definition) is 10. The van der Waals surface area contributed by atoms with Gasteiger partial charge in [-0.25, -0.2) is 0 Å². The number of azo groups is 1. The predicted molar refractivity (Wildman–Crippen MR) is 110 cm³/mol. The van der Waals surface area contributed by atoms with E-state index >= 15 is 0 Å². The number of phenolic OH excluding ortho intramolecular Hbond substituents is 1. The number of anilines is 1. The van der Waals surface area contributed by atoms with E-state index in [1.54, 1.807) is 0 Å². The molecule has 0 heterocycles. The lowest BCUT2D eigenvalue weighted by Gasteiger charge is -2.09. The maximum Gasteiger partial charge on any atom is 0.296 e. The summed E-state index contributed by atoms with van der Waals surface area (Å²) in [6.45, 7) is 0. The highest BCUT2D eigenvalue weighted by Crippen LogP contribution is 2.42. The number of hydrogen-bond donors (Lipinski definition) is 5. The summed E-state index contributed by atoms with van der Waals surface area (Å²) in [5.41, 5.74) is 4.41. The van der Waals surface area contributed by atoms with Gasteiger partial charge in [0.2, 0.25) is 0 Å². The molecule has 0 aliphatic carbocycles. The fourth-order valence-electron chi connectivity index (χ4n) is 2.71. The topological polar surface area (TPSA) is 234 Å². The molecular weight excluding hydrogens is 490 g/mol. The highest BCUT2D eigenvalue weighted by atomic mass is 32.2. The monoisotopic (exact) mass is 503 g/mol. The van der Waals surface area contributed by atoms with Gasteiger partial charge >= 0.3 is 0 Å². The highest BCUT2D eigenvalue weighted by molar-refractivity contribution is 7.87. The van der Waals surface area contributed by atoms with Crippen LogP contribution in [0.5, 0.6) is 5.75 Å². The SMILES string of the molecule is Nc1ccc2c(O)c(N=Nc3ccc(S(=O)(=O)O)cc3S(=O)(=O)O)c(S(=O)(=O)O)cc2c1. The fraction of sp³-hybridized carbons (Fsp3) is 0. The summed E-state index contributed by atoms with van der Waals surface area (Å²) >= 11 is 0. The van der Waals surface area contributed by atoms with E-state index in [2.05, 4.69) is 10.2 Å². The molecule has 0 saturated carbocycles. The molecule has 0 aliphatic heterocycles. The Morgan fingerprint density at radius 3 is 1.91 bits per heavy atom. The summed E-state index contributed by atoms with van der Waals surface area (Å²) < 4.78 is 97.3. The minimum Gasteiger partial charge on any atom is -0.505 e. The third-order valence-electron chi connectivity index (χ3n) is 4.12. The number of nitrogens with zero attached hydrogens (tertiary/aromatic N) is 2. The molecule has 3 aromatic rings. The third-order valence-corrected chi connectivity index (χ3v) is 6.72. The van der Waals surface area contributed by atoms with Crippen molar-refractivity contribution in [3.8, 4) is 5.75 Å². The van der Waals surface area contributed by atoms with Crippen molar-refractivity contribution >= 4 is 58.2 Å². The molecule has 170 valence electrons. The van der Waals surface area contributed by atoms with Gasteiger partial charge < -0.3 is 10.8 Å². The van der Waals surface area contributed by atoms with Crippen molar-refractivity contribution in [1.82, 2.24) is 0 Å². The van der Waals surface area contributed by atoms with Crippen LogP contribution < -0.4 is 5.73 Å². The Bertz CT molecular complexity index is 1610. The molecule has 6 N–H and O–H groups in total. The molecule has 0 aliphatic rings. The van der Waals surface area contributed by atoms with Gasteiger partial charge in [-0.15, -0.1) is 10.2 Å². The molecule has 0 atom stereocenters. The van der Waals surface area contributed by atoms with Crippen molar-refractivity contribution < 1.29 is 44.0 Å². The molecule has 0 saturated heterocycles. The smallest absolute Gasteiger partial charge is 0.296 e. The number of benzene rings is 3. The fourth-order valence-corrected chi connectivity index (χ4v) is 4.60. The maximum absolute atomic E-state index is 11.8. The van der Waals surface area contributed by atoms with E-state index in [0.29, 0.717) is 6.07 Å². The van der Waals surface area contributed by atoms with Crippen LogP contribution in [-0.2, 0) is 30.4 Å². The molecule has 0 amide bonds. The second-order valence-corrected chi connectivity index (χ2v) is 10.5. The van der Waals surface area contributed by atoms with E-state index in [1.807, 2.05) is 0 Å². The average Bonchev–Trinajstić information content (AvgIpc) is 2.64. The Labute approximate surface area is 181 Å². The largest absolute Gasteiger partial charge is 0.505 e. The zero-order chi connectivity index (χ0) is 24.1. The molecule has 0 radical (unpaired) electrons. The van der Waals surface area contributed by atoms with Crippen molar-refractivity contribution in [3.05, 3.63) is 42.5 Å². The van der Waals surface area contributed by atoms with Crippen LogP contribution in [0.4, 0.5) is 17.1 Å². The molecule has 13 nitrogen and oxygen atoms in total. The van der Waals surface area contributed by atoms with Crippen LogP contribution in [0.15, 0.2) is 67.4 Å². The van der Waals surface area contributed by atoms with E-state index in [4.69, 9.17) is 10.3 Å². The Hall–Kier alpha value is -3.15. The van der Waals surface area contributed by atoms with Gasteiger partial charge in [-0.3, -0.25) is 13.7 Å². The quantitative estimate of drug-likeness (QED) is 0.192. The summed E-state index contributed by atoms with van der Waals surface area (Å²) in [6, 6.07) is 6.87. The molecule has 3 rings (SSSR count). The van der Waals surface area contributed by atoms with E-state index in [0.717, 1.165) is 18.2 Å². The first kappa shape index (κ1) is 23.5. The summed E-state index contributed by atoms with van der Waals surface area (Å²) in [5, 5.41) is 17.7. The lowest BCUT2D eigenvalue weighted by molar-refractivity contribution is 0.471. The number of aromatic hydroxyl groups is 1. The van der Waals surface area contributed by atoms with Gasteiger partial charge in [-0.2, -0.15) is 25.3 Å². The first-order valence-electron chi connectivity index (χ1n) is 8.12. The molecular formula is C16H13N3O10S3. The van der Waals surface area contributed by atoms with E-state index in [9.17, 15) is 39.5 Å². The molecule has 0 spiro atoms. The van der Waals surface area contributed by atoms with Crippen LogP contribution in [0.25, 0.3) is 10.8 Å². The minimum absolute atomic E-state index is 0.0669. The normalized spacial score (nSPS) is 13.1. The maximum atomic E-state index is 11.8. The van der Waals surface area contributed by atoms with Crippen molar-refractivity contribution in [3.63, 3.8) is 0 Å². The molecule has 0 bridgehead atoms. The van der Waals surface area contributed by atoms with Crippen molar-refractivity contribution in [2.45, 2.75) is 14.7 Å². The lowest BCUT2D eigenvalue weighted by atomic mass is 10.1. The number of fused-ring (bicyclic) bond motifs is 1. The molecule has 32 heavy (non-hydrogen) atoms. The number of rotatable bonds is 5. The minimum atomic E-state index is -5.08. The van der Waals surface area contributed by atoms with Gasteiger partial charge in [0.1, 0.15) is 21.2 Å². The molecule has 0 fully saturated rings. The molecule has 3 aromatic carbocycles. The van der Waals surface area contributed by atoms with E-state index in [1.165, 1.54) is 18.2 Å². The first-order valence-corrected chi connectivity index (χ1v) is 12.4. The number of phenols is 1. The third kappa shape index (κ3) is 4.69. The summed E-state index contributed by atoms with van der Waals surface area (Å²) in [7, 11) is -14.9. The van der Waals surface area contributed by atoms with Crippen LogP contribution in [-0.4, -0.2) is 44.0 Å². The van der Waals surface area contributed by atoms with Crippen molar-refractivity contribution in [1.29, 1.82) is 0 Å².